The summed E-state index contributed by atoms with van der Waals surface area (Å²) in [5.74, 6) is 0. The number of halogens is 3. The molecule has 0 bridgehead atoms. The molecule has 0 radical (unpaired) electrons. The van der Waals surface area contributed by atoms with E-state index in [1.54, 1.807) is 0 Å². The van der Waals surface area contributed by atoms with Crippen LogP contribution in [0.1, 0.15) is 11.7 Å². The van der Waals surface area contributed by atoms with E-state index in [1.165, 1.54) is 17.4 Å². The standard InChI is InChI=1S/C8H7F3N2O2/c9-8(10,11)6(13-7(14)15)5-3-1-2-4-12-5/h1-4,6,13H,(H,14,15)/t6-/m0/s1. The smallest absolute Gasteiger partial charge is 0.414 e. The van der Waals surface area contributed by atoms with Crippen LogP contribution in [0.3, 0.4) is 0 Å². The minimum Gasteiger partial charge on any atom is -0.465 e. The summed E-state index contributed by atoms with van der Waals surface area (Å²) in [6.45, 7) is 0. The van der Waals surface area contributed by atoms with Gasteiger partial charge in [-0.15, -0.1) is 0 Å². The first kappa shape index (κ1) is 11.3. The summed E-state index contributed by atoms with van der Waals surface area (Å²) in [7, 11) is 0. The topological polar surface area (TPSA) is 62.2 Å². The van der Waals surface area contributed by atoms with Crippen molar-refractivity contribution in [2.75, 3.05) is 0 Å². The minimum atomic E-state index is -4.70. The minimum absolute atomic E-state index is 0.382. The van der Waals surface area contributed by atoms with E-state index >= 15 is 0 Å². The highest BCUT2D eigenvalue weighted by Gasteiger charge is 2.42. The van der Waals surface area contributed by atoms with Gasteiger partial charge in [0.2, 0.25) is 0 Å². The monoisotopic (exact) mass is 220 g/mol. The van der Waals surface area contributed by atoms with Crippen LogP contribution in [-0.4, -0.2) is 22.4 Å². The van der Waals surface area contributed by atoms with E-state index in [4.69, 9.17) is 5.11 Å². The molecule has 15 heavy (non-hydrogen) atoms. The molecule has 0 saturated heterocycles. The fourth-order valence-corrected chi connectivity index (χ4v) is 0.994. The second-order valence-electron chi connectivity index (χ2n) is 2.68. The molecule has 1 rings (SSSR count). The van der Waals surface area contributed by atoms with Gasteiger partial charge >= 0.3 is 12.3 Å². The lowest BCUT2D eigenvalue weighted by atomic mass is 10.2. The highest BCUT2D eigenvalue weighted by atomic mass is 19.4. The number of pyridine rings is 1. The zero-order valence-corrected chi connectivity index (χ0v) is 7.32. The van der Waals surface area contributed by atoms with Crippen molar-refractivity contribution in [3.63, 3.8) is 0 Å². The maximum atomic E-state index is 12.4. The van der Waals surface area contributed by atoms with Gasteiger partial charge in [-0.1, -0.05) is 6.07 Å². The van der Waals surface area contributed by atoms with Gasteiger partial charge in [0.25, 0.3) is 0 Å². The Kier molecular flexibility index (Phi) is 3.13. The van der Waals surface area contributed by atoms with Crippen LogP contribution in [-0.2, 0) is 0 Å². The number of hydrogen-bond donors (Lipinski definition) is 2. The van der Waals surface area contributed by atoms with Gasteiger partial charge in [-0.25, -0.2) is 4.79 Å². The van der Waals surface area contributed by atoms with Crippen molar-refractivity contribution in [3.05, 3.63) is 30.1 Å². The summed E-state index contributed by atoms with van der Waals surface area (Å²) in [5, 5.41) is 9.63. The fourth-order valence-electron chi connectivity index (χ4n) is 0.994. The second-order valence-corrected chi connectivity index (χ2v) is 2.68. The first-order valence-corrected chi connectivity index (χ1v) is 3.88. The van der Waals surface area contributed by atoms with Crippen molar-refractivity contribution in [1.82, 2.24) is 10.3 Å². The average Bonchev–Trinajstić information content (AvgIpc) is 2.14. The van der Waals surface area contributed by atoms with Gasteiger partial charge in [0, 0.05) is 6.20 Å². The van der Waals surface area contributed by atoms with Crippen molar-refractivity contribution in [1.29, 1.82) is 0 Å². The highest BCUT2D eigenvalue weighted by Crippen LogP contribution is 2.31. The Morgan fingerprint density at radius 3 is 2.53 bits per heavy atom. The van der Waals surface area contributed by atoms with Gasteiger partial charge in [-0.2, -0.15) is 13.2 Å². The van der Waals surface area contributed by atoms with Crippen LogP contribution in [0.5, 0.6) is 0 Å². The molecule has 2 N–H and O–H groups in total. The SMILES string of the molecule is O=C(O)N[C@@H](c1ccccn1)C(F)(F)F. The van der Waals surface area contributed by atoms with Gasteiger partial charge in [0.15, 0.2) is 6.04 Å². The molecule has 0 aromatic carbocycles. The molecule has 0 fully saturated rings. The predicted molar refractivity (Wildman–Crippen MR) is 44.2 cm³/mol. The van der Waals surface area contributed by atoms with Gasteiger partial charge < -0.3 is 10.4 Å². The van der Waals surface area contributed by atoms with Crippen LogP contribution in [0.4, 0.5) is 18.0 Å². The zero-order valence-electron chi connectivity index (χ0n) is 7.32. The normalized spacial score (nSPS) is 13.3. The third kappa shape index (κ3) is 3.12. The number of carbonyl (C=O) groups is 1. The lowest BCUT2D eigenvalue weighted by Gasteiger charge is -2.19. The molecule has 0 saturated carbocycles. The molecule has 0 aliphatic rings. The number of carboxylic acid groups (broad SMARTS) is 1. The molecular weight excluding hydrogens is 213 g/mol. The lowest BCUT2D eigenvalue weighted by Crippen LogP contribution is -2.37. The van der Waals surface area contributed by atoms with Crippen LogP contribution >= 0.6 is 0 Å². The summed E-state index contributed by atoms with van der Waals surface area (Å²) in [6.07, 6.45) is -5.28. The molecule has 0 aliphatic carbocycles. The Balaban J connectivity index is 2.97. The number of aromatic nitrogens is 1. The summed E-state index contributed by atoms with van der Waals surface area (Å²) in [6, 6.07) is 1.60. The zero-order chi connectivity index (χ0) is 11.5. The number of hydrogen-bond acceptors (Lipinski definition) is 2. The quantitative estimate of drug-likeness (QED) is 0.800. The number of nitrogens with zero attached hydrogens (tertiary/aromatic N) is 1. The highest BCUT2D eigenvalue weighted by molar-refractivity contribution is 5.65. The fraction of sp³-hybridized carbons (Fsp3) is 0.250. The Morgan fingerprint density at radius 1 is 1.47 bits per heavy atom. The van der Waals surface area contributed by atoms with Crippen molar-refractivity contribution < 1.29 is 23.1 Å². The first-order chi connectivity index (χ1) is 6.91. The molecule has 0 unspecified atom stereocenters. The molecule has 0 spiro atoms. The van der Waals surface area contributed by atoms with E-state index in [2.05, 4.69) is 4.98 Å². The van der Waals surface area contributed by atoms with Crippen LogP contribution < -0.4 is 5.32 Å². The largest absolute Gasteiger partial charge is 0.465 e. The third-order valence-electron chi connectivity index (χ3n) is 1.58. The van der Waals surface area contributed by atoms with Gasteiger partial charge in [-0.3, -0.25) is 4.98 Å². The number of alkyl halides is 3. The van der Waals surface area contributed by atoms with E-state index in [0.717, 1.165) is 12.3 Å². The molecule has 7 heteroatoms. The summed E-state index contributed by atoms with van der Waals surface area (Å²) >= 11 is 0. The second kappa shape index (κ2) is 4.16. The molecule has 4 nitrogen and oxygen atoms in total. The molecule has 1 aromatic rings. The molecule has 0 aliphatic heterocycles. The number of amides is 1. The Hall–Kier alpha value is -1.79. The van der Waals surface area contributed by atoms with E-state index in [1.807, 2.05) is 0 Å². The average molecular weight is 220 g/mol. The molecule has 1 amide bonds. The molecular formula is C8H7F3N2O2. The van der Waals surface area contributed by atoms with Crippen molar-refractivity contribution in [2.24, 2.45) is 0 Å². The number of nitrogens with one attached hydrogen (secondary N) is 1. The van der Waals surface area contributed by atoms with Crippen LogP contribution in [0.2, 0.25) is 0 Å². The Bertz CT molecular complexity index is 339. The van der Waals surface area contributed by atoms with Crippen LogP contribution in [0, 0.1) is 0 Å². The maximum Gasteiger partial charge on any atom is 0.414 e. The first-order valence-electron chi connectivity index (χ1n) is 3.88. The molecule has 82 valence electrons. The van der Waals surface area contributed by atoms with Crippen LogP contribution in [0.25, 0.3) is 0 Å². The van der Waals surface area contributed by atoms with E-state index in [-0.39, 0.29) is 5.69 Å². The lowest BCUT2D eigenvalue weighted by molar-refractivity contribution is -0.156. The third-order valence-corrected chi connectivity index (χ3v) is 1.58. The van der Waals surface area contributed by atoms with E-state index in [9.17, 15) is 18.0 Å². The maximum absolute atomic E-state index is 12.4. The van der Waals surface area contributed by atoms with Gasteiger partial charge in [0.1, 0.15) is 0 Å². The summed E-state index contributed by atoms with van der Waals surface area (Å²) < 4.78 is 37.2. The van der Waals surface area contributed by atoms with Crippen molar-refractivity contribution in [2.45, 2.75) is 12.2 Å². The summed E-state index contributed by atoms with van der Waals surface area (Å²) in [4.78, 5) is 13.6. The van der Waals surface area contributed by atoms with E-state index in [0.29, 0.717) is 0 Å². The Morgan fingerprint density at radius 2 is 2.13 bits per heavy atom. The predicted octanol–water partition coefficient (Wildman–Crippen LogP) is 1.95. The molecule has 1 heterocycles. The van der Waals surface area contributed by atoms with Crippen LogP contribution in [0.15, 0.2) is 24.4 Å². The Labute approximate surface area is 82.7 Å². The summed E-state index contributed by atoms with van der Waals surface area (Å²) in [5.41, 5.74) is -0.382. The number of rotatable bonds is 2. The molecule has 1 atom stereocenters. The van der Waals surface area contributed by atoms with Crippen molar-refractivity contribution >= 4 is 6.09 Å². The van der Waals surface area contributed by atoms with E-state index < -0.39 is 18.3 Å². The van der Waals surface area contributed by atoms with Crippen molar-refractivity contribution in [3.8, 4) is 0 Å². The van der Waals surface area contributed by atoms with Gasteiger partial charge in [-0.05, 0) is 12.1 Å². The van der Waals surface area contributed by atoms with Gasteiger partial charge in [0.05, 0.1) is 5.69 Å². The molecule has 1 aromatic heterocycles.